The minimum Gasteiger partial charge on any atom is -0.376 e. The van der Waals surface area contributed by atoms with Crippen LogP contribution < -0.4 is 5.73 Å². The molecule has 1 fully saturated rings. The minimum atomic E-state index is -0.971. The van der Waals surface area contributed by atoms with Gasteiger partial charge in [-0.15, -0.1) is 0 Å². The van der Waals surface area contributed by atoms with Gasteiger partial charge in [0.15, 0.2) is 5.82 Å². The molecule has 0 aliphatic carbocycles. The van der Waals surface area contributed by atoms with E-state index in [1.54, 1.807) is 0 Å². The molecule has 3 N–H and O–H groups in total. The third kappa shape index (κ3) is 4.02. The number of nitrogens with two attached hydrogens (primary N) is 1. The molecule has 1 atom stereocenters. The van der Waals surface area contributed by atoms with E-state index in [9.17, 15) is 9.90 Å². The van der Waals surface area contributed by atoms with Crippen molar-refractivity contribution in [1.82, 2.24) is 14.9 Å². The maximum atomic E-state index is 11.3. The average Bonchev–Trinajstić information content (AvgIpc) is 2.92. The summed E-state index contributed by atoms with van der Waals surface area (Å²) in [5.41, 5.74) is 6.99. The number of nitrogens with zero attached hydrogens (tertiary/aromatic N) is 3. The van der Waals surface area contributed by atoms with E-state index < -0.39 is 11.5 Å². The van der Waals surface area contributed by atoms with Crippen molar-refractivity contribution in [3.8, 4) is 23.2 Å². The van der Waals surface area contributed by atoms with E-state index in [4.69, 9.17) is 5.73 Å². The maximum absolute atomic E-state index is 11.3. The second-order valence-corrected chi connectivity index (χ2v) is 6.49. The van der Waals surface area contributed by atoms with Gasteiger partial charge < -0.3 is 15.7 Å². The number of carbonyl (C=O) groups excluding carboxylic acids is 1. The number of rotatable bonds is 2. The fourth-order valence-corrected chi connectivity index (χ4v) is 2.89. The zero-order valence-electron chi connectivity index (χ0n) is 14.3. The fourth-order valence-electron chi connectivity index (χ4n) is 2.89. The molecule has 2 heterocycles. The van der Waals surface area contributed by atoms with Crippen LogP contribution in [0.15, 0.2) is 30.5 Å². The Hall–Kier alpha value is -2.75. The van der Waals surface area contributed by atoms with Gasteiger partial charge in [0.25, 0.3) is 5.91 Å². The smallest absolute Gasteiger partial charge is 0.267 e. The van der Waals surface area contributed by atoms with Gasteiger partial charge in [-0.05, 0) is 43.8 Å². The molecule has 0 spiro atoms. The second kappa shape index (κ2) is 6.63. The lowest BCUT2D eigenvalue weighted by atomic mass is 10.0. The van der Waals surface area contributed by atoms with E-state index >= 15 is 0 Å². The van der Waals surface area contributed by atoms with Gasteiger partial charge in [-0.2, -0.15) is 0 Å². The molecule has 1 aromatic heterocycles. The zero-order valence-corrected chi connectivity index (χ0v) is 14.3. The number of aliphatic hydroxyl groups is 1. The van der Waals surface area contributed by atoms with Crippen molar-refractivity contribution in [2.75, 3.05) is 20.1 Å². The van der Waals surface area contributed by atoms with Crippen molar-refractivity contribution in [3.63, 3.8) is 0 Å². The van der Waals surface area contributed by atoms with Gasteiger partial charge in [0, 0.05) is 36.8 Å². The number of hydrogen-bond donors (Lipinski definition) is 2. The molecular weight excluding hydrogens is 316 g/mol. The van der Waals surface area contributed by atoms with Crippen LogP contribution >= 0.6 is 0 Å². The Morgan fingerprint density at radius 3 is 2.88 bits per heavy atom. The number of likely N-dealkylation sites (N-methyl/N-ethyl adjacent to an activating group) is 1. The first-order valence-corrected chi connectivity index (χ1v) is 8.04. The highest BCUT2D eigenvalue weighted by Crippen LogP contribution is 2.21. The quantitative estimate of drug-likeness (QED) is 0.797. The topological polar surface area (TPSA) is 92.3 Å². The van der Waals surface area contributed by atoms with Gasteiger partial charge in [0.1, 0.15) is 11.3 Å². The van der Waals surface area contributed by atoms with Crippen LogP contribution in [0.1, 0.15) is 28.0 Å². The summed E-state index contributed by atoms with van der Waals surface area (Å²) in [5.74, 6) is 5.88. The van der Waals surface area contributed by atoms with Crippen molar-refractivity contribution in [2.45, 2.75) is 18.9 Å². The Bertz CT molecular complexity index is 884. The lowest BCUT2D eigenvalue weighted by Gasteiger charge is -2.14. The molecule has 0 unspecified atom stereocenters. The van der Waals surface area contributed by atoms with E-state index in [1.165, 1.54) is 12.3 Å². The number of likely N-dealkylation sites (tertiary alicyclic amines) is 1. The Morgan fingerprint density at radius 2 is 2.20 bits per heavy atom. The Labute approximate surface area is 146 Å². The van der Waals surface area contributed by atoms with E-state index in [-0.39, 0.29) is 5.69 Å². The Morgan fingerprint density at radius 1 is 1.40 bits per heavy atom. The van der Waals surface area contributed by atoms with Crippen LogP contribution in [0.3, 0.4) is 0 Å². The molecule has 0 saturated carbocycles. The predicted molar refractivity (Wildman–Crippen MR) is 94.7 cm³/mol. The largest absolute Gasteiger partial charge is 0.376 e. The van der Waals surface area contributed by atoms with Gasteiger partial charge in [-0.3, -0.25) is 4.79 Å². The molecular formula is C19H20N4O2. The molecule has 25 heavy (non-hydrogen) atoms. The summed E-state index contributed by atoms with van der Waals surface area (Å²) in [4.78, 5) is 21.8. The molecule has 1 aliphatic rings. The summed E-state index contributed by atoms with van der Waals surface area (Å²) in [6.45, 7) is 3.32. The number of aryl methyl sites for hydroxylation is 1. The highest BCUT2D eigenvalue weighted by Gasteiger charge is 2.32. The number of amides is 1. The van der Waals surface area contributed by atoms with Crippen molar-refractivity contribution < 1.29 is 9.90 Å². The Balaban J connectivity index is 1.94. The van der Waals surface area contributed by atoms with Crippen LogP contribution in [-0.4, -0.2) is 51.6 Å². The SMILES string of the molecule is Cc1cc(C#C[C@]2(O)CCN(C)C2)cc(-c2nccc(C(N)=O)n2)c1. The number of benzene rings is 1. The summed E-state index contributed by atoms with van der Waals surface area (Å²) in [6.07, 6.45) is 2.14. The first kappa shape index (κ1) is 17.1. The number of β-amino-alcohol motifs (C(OH)–C–C–N with tert-alkyl or cyclic N) is 1. The van der Waals surface area contributed by atoms with Crippen molar-refractivity contribution in [2.24, 2.45) is 5.73 Å². The first-order chi connectivity index (χ1) is 11.8. The number of primary amides is 1. The predicted octanol–water partition coefficient (Wildman–Crippen LogP) is 0.969. The highest BCUT2D eigenvalue weighted by atomic mass is 16.3. The van der Waals surface area contributed by atoms with Crippen LogP contribution in [0.5, 0.6) is 0 Å². The Kier molecular flexibility index (Phi) is 4.53. The highest BCUT2D eigenvalue weighted by molar-refractivity contribution is 5.91. The molecule has 6 nitrogen and oxygen atoms in total. The molecule has 1 saturated heterocycles. The molecule has 1 amide bonds. The summed E-state index contributed by atoms with van der Waals surface area (Å²) in [7, 11) is 1.97. The molecule has 3 rings (SSSR count). The molecule has 6 heteroatoms. The number of hydrogen-bond acceptors (Lipinski definition) is 5. The van der Waals surface area contributed by atoms with E-state index in [0.29, 0.717) is 18.8 Å². The van der Waals surface area contributed by atoms with Gasteiger partial charge in [-0.1, -0.05) is 11.8 Å². The minimum absolute atomic E-state index is 0.169. The van der Waals surface area contributed by atoms with E-state index in [1.807, 2.05) is 32.2 Å². The van der Waals surface area contributed by atoms with Gasteiger partial charge in [0.05, 0.1) is 0 Å². The fraction of sp³-hybridized carbons (Fsp3) is 0.316. The number of aromatic nitrogens is 2. The molecule has 1 aromatic carbocycles. The first-order valence-electron chi connectivity index (χ1n) is 8.04. The second-order valence-electron chi connectivity index (χ2n) is 6.49. The molecule has 1 aliphatic heterocycles. The van der Waals surface area contributed by atoms with Crippen molar-refractivity contribution in [1.29, 1.82) is 0 Å². The molecule has 0 bridgehead atoms. The summed E-state index contributed by atoms with van der Waals surface area (Å²) in [5, 5.41) is 10.5. The van der Waals surface area contributed by atoms with Crippen LogP contribution in [-0.2, 0) is 0 Å². The number of carbonyl (C=O) groups is 1. The summed E-state index contributed by atoms with van der Waals surface area (Å²) < 4.78 is 0. The van der Waals surface area contributed by atoms with Gasteiger partial charge >= 0.3 is 0 Å². The van der Waals surface area contributed by atoms with Gasteiger partial charge in [0.2, 0.25) is 0 Å². The van der Waals surface area contributed by atoms with Crippen LogP contribution in [0.4, 0.5) is 0 Å². The summed E-state index contributed by atoms with van der Waals surface area (Å²) in [6, 6.07) is 7.19. The lowest BCUT2D eigenvalue weighted by Crippen LogP contribution is -2.29. The van der Waals surface area contributed by atoms with E-state index in [2.05, 4.69) is 26.7 Å². The normalized spacial score (nSPS) is 20.1. The average molecular weight is 336 g/mol. The third-order valence-corrected chi connectivity index (χ3v) is 4.12. The third-order valence-electron chi connectivity index (χ3n) is 4.12. The van der Waals surface area contributed by atoms with Crippen LogP contribution in [0.25, 0.3) is 11.4 Å². The van der Waals surface area contributed by atoms with Crippen LogP contribution in [0, 0.1) is 18.8 Å². The zero-order chi connectivity index (χ0) is 18.0. The van der Waals surface area contributed by atoms with Crippen molar-refractivity contribution in [3.05, 3.63) is 47.3 Å². The van der Waals surface area contributed by atoms with Crippen LogP contribution in [0.2, 0.25) is 0 Å². The maximum Gasteiger partial charge on any atom is 0.267 e. The monoisotopic (exact) mass is 336 g/mol. The lowest BCUT2D eigenvalue weighted by molar-refractivity contribution is 0.0995. The summed E-state index contributed by atoms with van der Waals surface area (Å²) >= 11 is 0. The van der Waals surface area contributed by atoms with E-state index in [0.717, 1.165) is 23.2 Å². The standard InChI is InChI=1S/C19H20N4O2/c1-13-9-14(3-5-19(25)6-8-23(2)12-19)11-15(10-13)18-21-7-4-16(22-18)17(20)24/h4,7,9-11,25H,6,8,12H2,1-2H3,(H2,20,24)/t19-/m0/s1. The van der Waals surface area contributed by atoms with Gasteiger partial charge in [-0.25, -0.2) is 9.97 Å². The molecule has 128 valence electrons. The van der Waals surface area contributed by atoms with Crippen molar-refractivity contribution >= 4 is 5.91 Å². The molecule has 0 radical (unpaired) electrons. The molecule has 2 aromatic rings.